The van der Waals surface area contributed by atoms with Gasteiger partial charge in [-0.2, -0.15) is 0 Å². The average Bonchev–Trinajstić information content (AvgIpc) is 2.78. The summed E-state index contributed by atoms with van der Waals surface area (Å²) in [5.74, 6) is 0.956. The molecular formula is C25H28N2O3. The molecule has 0 aliphatic rings. The maximum Gasteiger partial charge on any atom is 0.262 e. The molecule has 0 saturated heterocycles. The third kappa shape index (κ3) is 5.84. The zero-order valence-electron chi connectivity index (χ0n) is 17.6. The molecule has 5 heteroatoms. The molecule has 0 aliphatic carbocycles. The smallest absolute Gasteiger partial charge is 0.262 e. The summed E-state index contributed by atoms with van der Waals surface area (Å²) < 4.78 is 11.3. The highest BCUT2D eigenvalue weighted by Gasteiger charge is 2.14. The number of para-hydroxylation sites is 1. The Kier molecular flexibility index (Phi) is 7.46. The molecule has 3 rings (SSSR count). The minimum atomic E-state index is -0.221. The Morgan fingerprint density at radius 1 is 0.967 bits per heavy atom. The lowest BCUT2D eigenvalue weighted by atomic mass is 10.1. The van der Waals surface area contributed by atoms with Crippen LogP contribution in [0.1, 0.15) is 29.7 Å². The van der Waals surface area contributed by atoms with E-state index in [2.05, 4.69) is 29.7 Å². The van der Waals surface area contributed by atoms with Gasteiger partial charge in [0.25, 0.3) is 5.91 Å². The Bertz CT molecular complexity index is 956. The van der Waals surface area contributed by atoms with E-state index in [4.69, 9.17) is 9.47 Å². The summed E-state index contributed by atoms with van der Waals surface area (Å²) in [6.07, 6.45) is 0. The van der Waals surface area contributed by atoms with E-state index in [-0.39, 0.29) is 18.6 Å². The van der Waals surface area contributed by atoms with Crippen molar-refractivity contribution in [3.05, 3.63) is 89.5 Å². The second-order valence-electron chi connectivity index (χ2n) is 7.16. The Hall–Kier alpha value is -3.31. The molecule has 0 bridgehead atoms. The van der Waals surface area contributed by atoms with Crippen LogP contribution >= 0.6 is 0 Å². The molecule has 0 aliphatic heterocycles. The lowest BCUT2D eigenvalue weighted by Crippen LogP contribution is -2.22. The van der Waals surface area contributed by atoms with Crippen LogP contribution in [0.3, 0.4) is 0 Å². The van der Waals surface area contributed by atoms with Crippen LogP contribution in [0.25, 0.3) is 0 Å². The molecule has 0 aromatic heterocycles. The van der Waals surface area contributed by atoms with Crippen molar-refractivity contribution in [2.75, 3.05) is 19.0 Å². The van der Waals surface area contributed by atoms with E-state index >= 15 is 0 Å². The summed E-state index contributed by atoms with van der Waals surface area (Å²) >= 11 is 0. The number of amides is 1. The number of hydrogen-bond acceptors (Lipinski definition) is 4. The van der Waals surface area contributed by atoms with Gasteiger partial charge in [-0.25, -0.2) is 0 Å². The summed E-state index contributed by atoms with van der Waals surface area (Å²) in [6.45, 7) is 4.60. The van der Waals surface area contributed by atoms with E-state index in [1.807, 2.05) is 67.6 Å². The van der Waals surface area contributed by atoms with E-state index in [9.17, 15) is 4.79 Å². The standard InChI is InChI=1S/C25H28N2O3/c1-18-12-14-22(15-13-18)27-24(28)17-30-25-21(10-7-11-23(25)29-3)16-26-19(2)20-8-5-4-6-9-20/h4-15,19,26H,16-17H2,1-3H3,(H,27,28)/t19-/m0/s1. The predicted molar refractivity (Wildman–Crippen MR) is 120 cm³/mol. The molecule has 0 radical (unpaired) electrons. The van der Waals surface area contributed by atoms with Crippen LogP contribution in [0.5, 0.6) is 11.5 Å². The molecule has 2 N–H and O–H groups in total. The fourth-order valence-corrected chi connectivity index (χ4v) is 3.12. The third-order valence-corrected chi connectivity index (χ3v) is 4.86. The molecule has 0 heterocycles. The molecule has 0 unspecified atom stereocenters. The minimum absolute atomic E-state index is 0.102. The lowest BCUT2D eigenvalue weighted by molar-refractivity contribution is -0.118. The van der Waals surface area contributed by atoms with Gasteiger partial charge in [-0.3, -0.25) is 4.79 Å². The molecule has 5 nitrogen and oxygen atoms in total. The Morgan fingerprint density at radius 3 is 2.40 bits per heavy atom. The van der Waals surface area contributed by atoms with Crippen LogP contribution in [-0.2, 0) is 11.3 Å². The molecule has 156 valence electrons. The van der Waals surface area contributed by atoms with Crippen LogP contribution in [0.2, 0.25) is 0 Å². The minimum Gasteiger partial charge on any atom is -0.493 e. The van der Waals surface area contributed by atoms with Gasteiger partial charge in [-0.15, -0.1) is 0 Å². The number of benzene rings is 3. The van der Waals surface area contributed by atoms with Gasteiger partial charge in [0.05, 0.1) is 7.11 Å². The summed E-state index contributed by atoms with van der Waals surface area (Å²) in [6, 6.07) is 23.8. The number of hydrogen-bond donors (Lipinski definition) is 2. The molecule has 0 saturated carbocycles. The molecule has 30 heavy (non-hydrogen) atoms. The molecule has 1 atom stereocenters. The zero-order valence-corrected chi connectivity index (χ0v) is 17.6. The second-order valence-corrected chi connectivity index (χ2v) is 7.16. The Balaban J connectivity index is 1.64. The second kappa shape index (κ2) is 10.5. The van der Waals surface area contributed by atoms with Crippen molar-refractivity contribution in [1.29, 1.82) is 0 Å². The third-order valence-electron chi connectivity index (χ3n) is 4.86. The fourth-order valence-electron chi connectivity index (χ4n) is 3.12. The average molecular weight is 405 g/mol. The summed E-state index contributed by atoms with van der Waals surface area (Å²) in [4.78, 5) is 12.3. The van der Waals surface area contributed by atoms with E-state index in [1.54, 1.807) is 7.11 Å². The maximum absolute atomic E-state index is 12.3. The number of rotatable bonds is 9. The van der Waals surface area contributed by atoms with Crippen LogP contribution in [0.15, 0.2) is 72.8 Å². The van der Waals surface area contributed by atoms with Crippen molar-refractivity contribution in [3.8, 4) is 11.5 Å². The van der Waals surface area contributed by atoms with Gasteiger partial charge >= 0.3 is 0 Å². The van der Waals surface area contributed by atoms with E-state index in [0.717, 1.165) is 16.8 Å². The van der Waals surface area contributed by atoms with E-state index in [1.165, 1.54) is 5.56 Å². The van der Waals surface area contributed by atoms with Crippen molar-refractivity contribution in [2.45, 2.75) is 26.4 Å². The molecule has 3 aromatic carbocycles. The van der Waals surface area contributed by atoms with Crippen molar-refractivity contribution in [3.63, 3.8) is 0 Å². The fraction of sp³-hybridized carbons (Fsp3) is 0.240. The van der Waals surface area contributed by atoms with Gasteiger partial charge in [0.15, 0.2) is 18.1 Å². The highest BCUT2D eigenvalue weighted by molar-refractivity contribution is 5.91. The van der Waals surface area contributed by atoms with Gasteiger partial charge in [0.1, 0.15) is 0 Å². The van der Waals surface area contributed by atoms with Crippen LogP contribution in [0, 0.1) is 6.92 Å². The number of ether oxygens (including phenoxy) is 2. The Labute approximate surface area is 178 Å². The number of aryl methyl sites for hydroxylation is 1. The van der Waals surface area contributed by atoms with Crippen molar-refractivity contribution < 1.29 is 14.3 Å². The topological polar surface area (TPSA) is 59.6 Å². The van der Waals surface area contributed by atoms with Crippen LogP contribution < -0.4 is 20.1 Å². The molecule has 0 fully saturated rings. The van der Waals surface area contributed by atoms with Crippen molar-refractivity contribution in [1.82, 2.24) is 5.32 Å². The van der Waals surface area contributed by atoms with E-state index in [0.29, 0.717) is 18.0 Å². The summed E-state index contributed by atoms with van der Waals surface area (Å²) in [5, 5.41) is 6.35. The van der Waals surface area contributed by atoms with Crippen molar-refractivity contribution >= 4 is 11.6 Å². The van der Waals surface area contributed by atoms with Gasteiger partial charge in [-0.1, -0.05) is 60.2 Å². The number of nitrogens with one attached hydrogen (secondary N) is 2. The number of anilines is 1. The lowest BCUT2D eigenvalue weighted by Gasteiger charge is -2.18. The first-order valence-corrected chi connectivity index (χ1v) is 10.0. The van der Waals surface area contributed by atoms with E-state index < -0.39 is 0 Å². The van der Waals surface area contributed by atoms with Gasteiger partial charge in [0, 0.05) is 23.8 Å². The highest BCUT2D eigenvalue weighted by atomic mass is 16.5. The number of methoxy groups -OCH3 is 1. The zero-order chi connectivity index (χ0) is 21.3. The van der Waals surface area contributed by atoms with Crippen LogP contribution in [-0.4, -0.2) is 19.6 Å². The number of carbonyl (C=O) groups is 1. The molecular weight excluding hydrogens is 376 g/mol. The normalized spacial score (nSPS) is 11.6. The van der Waals surface area contributed by atoms with Gasteiger partial charge < -0.3 is 20.1 Å². The first-order chi connectivity index (χ1) is 14.6. The molecule has 3 aromatic rings. The Morgan fingerprint density at radius 2 is 1.70 bits per heavy atom. The largest absolute Gasteiger partial charge is 0.493 e. The quantitative estimate of drug-likeness (QED) is 0.534. The van der Waals surface area contributed by atoms with Gasteiger partial charge in [-0.05, 0) is 37.6 Å². The first kappa shape index (κ1) is 21.4. The molecule has 1 amide bonds. The maximum atomic E-state index is 12.3. The number of carbonyl (C=O) groups excluding carboxylic acids is 1. The van der Waals surface area contributed by atoms with Crippen molar-refractivity contribution in [2.24, 2.45) is 0 Å². The summed E-state index contributed by atoms with van der Waals surface area (Å²) in [7, 11) is 1.60. The predicted octanol–water partition coefficient (Wildman–Crippen LogP) is 4.87. The monoisotopic (exact) mass is 404 g/mol. The SMILES string of the molecule is COc1cccc(CN[C@@H](C)c2ccccc2)c1OCC(=O)Nc1ccc(C)cc1. The highest BCUT2D eigenvalue weighted by Crippen LogP contribution is 2.31. The summed E-state index contributed by atoms with van der Waals surface area (Å²) in [5.41, 5.74) is 4.02. The van der Waals surface area contributed by atoms with Crippen LogP contribution in [0.4, 0.5) is 5.69 Å². The molecule has 0 spiro atoms. The van der Waals surface area contributed by atoms with Gasteiger partial charge in [0.2, 0.25) is 0 Å². The first-order valence-electron chi connectivity index (χ1n) is 10.0.